The van der Waals surface area contributed by atoms with Crippen LogP contribution in [-0.4, -0.2) is 22.1 Å². The van der Waals surface area contributed by atoms with Gasteiger partial charge in [0.2, 0.25) is 0 Å². The predicted octanol–water partition coefficient (Wildman–Crippen LogP) is 3.11. The third-order valence-corrected chi connectivity index (χ3v) is 3.85. The normalized spacial score (nSPS) is 26.1. The van der Waals surface area contributed by atoms with E-state index in [4.69, 9.17) is 0 Å². The summed E-state index contributed by atoms with van der Waals surface area (Å²) in [6, 6.07) is 7.26. The van der Waals surface area contributed by atoms with E-state index in [0.717, 1.165) is 16.8 Å². The van der Waals surface area contributed by atoms with Gasteiger partial charge in [0.1, 0.15) is 4.60 Å². The Kier molecular flexibility index (Phi) is 4.54. The number of pyridine rings is 1. The number of hydrogen-bond donors (Lipinski definition) is 1. The molecule has 1 fully saturated rings. The van der Waals surface area contributed by atoms with Crippen molar-refractivity contribution in [3.8, 4) is 0 Å². The molecule has 3 nitrogen and oxygen atoms in total. The Morgan fingerprint density at radius 3 is 2.71 bits per heavy atom. The van der Waals surface area contributed by atoms with Crippen molar-refractivity contribution >= 4 is 15.9 Å². The molecule has 2 atom stereocenters. The van der Waals surface area contributed by atoms with Gasteiger partial charge >= 0.3 is 0 Å². The first kappa shape index (κ1) is 13.0. The highest BCUT2D eigenvalue weighted by Gasteiger charge is 2.24. The highest BCUT2D eigenvalue weighted by molar-refractivity contribution is 9.10. The van der Waals surface area contributed by atoms with Crippen LogP contribution in [0.3, 0.4) is 0 Å². The molecule has 1 saturated heterocycles. The minimum atomic E-state index is 0.617. The molecule has 0 aromatic carbocycles. The summed E-state index contributed by atoms with van der Waals surface area (Å²) in [5.41, 5.74) is 4.59. The number of aromatic nitrogens is 1. The van der Waals surface area contributed by atoms with E-state index in [1.165, 1.54) is 19.3 Å². The highest BCUT2D eigenvalue weighted by Crippen LogP contribution is 2.20. The quantitative estimate of drug-likeness (QED) is 0.869. The summed E-state index contributed by atoms with van der Waals surface area (Å²) in [5, 5.41) is 2.38. The average molecular weight is 298 g/mol. The first-order valence-electron chi connectivity index (χ1n) is 6.30. The van der Waals surface area contributed by atoms with Crippen LogP contribution in [0.5, 0.6) is 0 Å². The zero-order valence-electron chi connectivity index (χ0n) is 10.5. The zero-order valence-corrected chi connectivity index (χ0v) is 12.1. The summed E-state index contributed by atoms with van der Waals surface area (Å²) in [6.07, 6.45) is 3.90. The van der Waals surface area contributed by atoms with Gasteiger partial charge in [-0.1, -0.05) is 12.5 Å². The van der Waals surface area contributed by atoms with E-state index >= 15 is 0 Å². The van der Waals surface area contributed by atoms with Gasteiger partial charge in [-0.05, 0) is 54.8 Å². The lowest BCUT2D eigenvalue weighted by Crippen LogP contribution is -2.51. The number of rotatable bonds is 3. The first-order chi connectivity index (χ1) is 8.16. The number of piperidine rings is 1. The molecule has 0 radical (unpaired) electrons. The van der Waals surface area contributed by atoms with Crippen molar-refractivity contribution in [2.45, 2.75) is 51.7 Å². The van der Waals surface area contributed by atoms with E-state index in [9.17, 15) is 0 Å². The second-order valence-electron chi connectivity index (χ2n) is 4.82. The smallest absolute Gasteiger partial charge is 0.106 e. The maximum Gasteiger partial charge on any atom is 0.106 e. The first-order valence-corrected chi connectivity index (χ1v) is 7.09. The third-order valence-electron chi connectivity index (χ3n) is 3.41. The Morgan fingerprint density at radius 1 is 1.35 bits per heavy atom. The number of hydrogen-bond acceptors (Lipinski definition) is 3. The fourth-order valence-electron chi connectivity index (χ4n) is 2.45. The van der Waals surface area contributed by atoms with E-state index in [1.54, 1.807) is 0 Å². The van der Waals surface area contributed by atoms with E-state index in [0.29, 0.717) is 12.1 Å². The monoisotopic (exact) mass is 297 g/mol. The molecule has 17 heavy (non-hydrogen) atoms. The van der Waals surface area contributed by atoms with Crippen molar-refractivity contribution in [3.05, 3.63) is 28.5 Å². The lowest BCUT2D eigenvalue weighted by atomic mass is 10.00. The van der Waals surface area contributed by atoms with Gasteiger partial charge in [-0.25, -0.2) is 15.4 Å². The second kappa shape index (κ2) is 5.94. The van der Waals surface area contributed by atoms with Crippen LogP contribution < -0.4 is 5.43 Å². The summed E-state index contributed by atoms with van der Waals surface area (Å²) in [7, 11) is 0. The van der Waals surface area contributed by atoms with Gasteiger partial charge in [-0.2, -0.15) is 0 Å². The number of halogens is 1. The average Bonchev–Trinajstić information content (AvgIpc) is 2.28. The van der Waals surface area contributed by atoms with Gasteiger partial charge in [0.05, 0.1) is 12.2 Å². The van der Waals surface area contributed by atoms with Crippen LogP contribution in [-0.2, 0) is 6.54 Å². The van der Waals surface area contributed by atoms with Crippen molar-refractivity contribution in [2.75, 3.05) is 0 Å². The molecule has 2 unspecified atom stereocenters. The molecule has 0 bridgehead atoms. The molecule has 0 aliphatic carbocycles. The van der Waals surface area contributed by atoms with Crippen molar-refractivity contribution in [3.63, 3.8) is 0 Å². The minimum absolute atomic E-state index is 0.617. The van der Waals surface area contributed by atoms with Crippen molar-refractivity contribution in [1.29, 1.82) is 0 Å². The summed E-state index contributed by atoms with van der Waals surface area (Å²) in [4.78, 5) is 4.44. The molecular formula is C13H20BrN3. The lowest BCUT2D eigenvalue weighted by Gasteiger charge is -2.39. The fraction of sp³-hybridized carbons (Fsp3) is 0.615. The second-order valence-corrected chi connectivity index (χ2v) is 5.64. The summed E-state index contributed by atoms with van der Waals surface area (Å²) >= 11 is 3.40. The molecule has 1 aliphatic heterocycles. The Hall–Kier alpha value is -0.450. The molecule has 0 spiro atoms. The number of hydrazine groups is 1. The maximum atomic E-state index is 4.44. The van der Waals surface area contributed by atoms with Crippen molar-refractivity contribution < 1.29 is 0 Å². The van der Waals surface area contributed by atoms with Gasteiger partial charge in [-0.3, -0.25) is 0 Å². The molecule has 94 valence electrons. The topological polar surface area (TPSA) is 28.2 Å². The Balaban J connectivity index is 1.92. The third kappa shape index (κ3) is 3.50. The van der Waals surface area contributed by atoms with Crippen LogP contribution in [0.15, 0.2) is 22.8 Å². The van der Waals surface area contributed by atoms with E-state index in [1.807, 2.05) is 12.1 Å². The predicted molar refractivity (Wildman–Crippen MR) is 73.4 cm³/mol. The van der Waals surface area contributed by atoms with Gasteiger partial charge in [-0.15, -0.1) is 0 Å². The van der Waals surface area contributed by atoms with E-state index in [-0.39, 0.29) is 0 Å². The molecule has 1 aromatic heterocycles. The van der Waals surface area contributed by atoms with Crippen LogP contribution in [0.1, 0.15) is 38.8 Å². The maximum absolute atomic E-state index is 4.44. The van der Waals surface area contributed by atoms with Crippen LogP contribution in [0.4, 0.5) is 0 Å². The Morgan fingerprint density at radius 2 is 2.06 bits per heavy atom. The summed E-state index contributed by atoms with van der Waals surface area (Å²) in [6.45, 7) is 5.38. The molecule has 1 aromatic rings. The Labute approximate surface area is 112 Å². The SMILES string of the molecule is CC1CCCC(C)N1NCc1cccc(Br)n1. The van der Waals surface area contributed by atoms with Crippen molar-refractivity contribution in [1.82, 2.24) is 15.4 Å². The largest absolute Gasteiger partial charge is 0.249 e. The van der Waals surface area contributed by atoms with Gasteiger partial charge < -0.3 is 0 Å². The number of nitrogens with one attached hydrogen (secondary N) is 1. The van der Waals surface area contributed by atoms with Crippen LogP contribution in [0, 0.1) is 0 Å². The van der Waals surface area contributed by atoms with E-state index < -0.39 is 0 Å². The molecule has 0 saturated carbocycles. The highest BCUT2D eigenvalue weighted by atomic mass is 79.9. The van der Waals surface area contributed by atoms with Gasteiger partial charge in [0, 0.05) is 12.1 Å². The molecule has 1 aliphatic rings. The molecular weight excluding hydrogens is 278 g/mol. The fourth-order valence-corrected chi connectivity index (χ4v) is 2.83. The molecule has 2 rings (SSSR count). The molecule has 4 heteroatoms. The number of nitrogens with zero attached hydrogens (tertiary/aromatic N) is 2. The molecule has 0 amide bonds. The minimum Gasteiger partial charge on any atom is -0.249 e. The standard InChI is InChI=1S/C13H20BrN3/c1-10-5-3-6-11(2)17(10)15-9-12-7-4-8-13(14)16-12/h4,7-8,10-11,15H,3,5-6,9H2,1-2H3. The summed E-state index contributed by atoms with van der Waals surface area (Å²) < 4.78 is 0.900. The molecule has 1 N–H and O–H groups in total. The summed E-state index contributed by atoms with van der Waals surface area (Å²) in [5.74, 6) is 0. The Bertz CT molecular complexity index is 359. The lowest BCUT2D eigenvalue weighted by molar-refractivity contribution is 0.0431. The van der Waals surface area contributed by atoms with Crippen LogP contribution >= 0.6 is 15.9 Å². The van der Waals surface area contributed by atoms with Gasteiger partial charge in [0.25, 0.3) is 0 Å². The van der Waals surface area contributed by atoms with Gasteiger partial charge in [0.15, 0.2) is 0 Å². The van der Waals surface area contributed by atoms with E-state index in [2.05, 4.69) is 51.3 Å². The van der Waals surface area contributed by atoms with Crippen LogP contribution in [0.2, 0.25) is 0 Å². The molecule has 2 heterocycles. The van der Waals surface area contributed by atoms with Crippen LogP contribution in [0.25, 0.3) is 0 Å². The zero-order chi connectivity index (χ0) is 12.3. The van der Waals surface area contributed by atoms with Crippen molar-refractivity contribution in [2.24, 2.45) is 0 Å².